The fourth-order valence-corrected chi connectivity index (χ4v) is 4.12. The summed E-state index contributed by atoms with van der Waals surface area (Å²) in [5, 5.41) is 0. The number of rotatable bonds is 8. The first-order chi connectivity index (χ1) is 16.5. The molecule has 0 N–H and O–H groups in total. The predicted molar refractivity (Wildman–Crippen MR) is 133 cm³/mol. The number of allylic oxidation sites excluding steroid dienone is 8. The fourth-order valence-electron chi connectivity index (χ4n) is 4.12. The number of halogens is 3. The van der Waals surface area contributed by atoms with Crippen LogP contribution < -0.4 is 0 Å². The van der Waals surface area contributed by atoms with Crippen molar-refractivity contribution in [1.82, 2.24) is 0 Å². The molecule has 0 amide bonds. The van der Waals surface area contributed by atoms with Crippen LogP contribution in [0.3, 0.4) is 0 Å². The van der Waals surface area contributed by atoms with Gasteiger partial charge in [0.2, 0.25) is 0 Å². The standard InChI is InChI=1S/C30H29F3O/c1-3-20(4-2)6-5-7-24-16-17-26(30(33)29(24)32)22-11-8-21(9-12-22)10-13-23-14-15-25(18-27(23)31)28-19-34-28/h3,5-6,8-16,18,26,28H,4,7,17,19H2,1-2H3/b6-5-,13-10+,20-3-. The van der Waals surface area contributed by atoms with Crippen molar-refractivity contribution in [3.05, 3.63) is 118 Å². The second-order valence-corrected chi connectivity index (χ2v) is 8.61. The molecule has 0 bridgehead atoms. The molecule has 2 atom stereocenters. The first-order valence-corrected chi connectivity index (χ1v) is 11.8. The van der Waals surface area contributed by atoms with Gasteiger partial charge in [0.15, 0.2) is 5.83 Å². The maximum Gasteiger partial charge on any atom is 0.158 e. The van der Waals surface area contributed by atoms with Gasteiger partial charge in [-0.1, -0.05) is 85.4 Å². The lowest BCUT2D eigenvalue weighted by Gasteiger charge is -2.20. The number of hydrogen-bond donors (Lipinski definition) is 0. The lowest BCUT2D eigenvalue weighted by molar-refractivity contribution is 0.415. The van der Waals surface area contributed by atoms with Crippen LogP contribution in [0.1, 0.15) is 67.4 Å². The molecule has 1 saturated heterocycles. The Balaban J connectivity index is 1.41. The van der Waals surface area contributed by atoms with Gasteiger partial charge in [0.25, 0.3) is 0 Å². The van der Waals surface area contributed by atoms with Gasteiger partial charge in [-0.2, -0.15) is 0 Å². The third-order valence-electron chi connectivity index (χ3n) is 6.37. The number of ether oxygens (including phenoxy) is 1. The molecule has 2 aromatic rings. The van der Waals surface area contributed by atoms with Gasteiger partial charge in [-0.25, -0.2) is 13.2 Å². The van der Waals surface area contributed by atoms with Crippen molar-refractivity contribution >= 4 is 12.2 Å². The van der Waals surface area contributed by atoms with Crippen molar-refractivity contribution in [2.24, 2.45) is 0 Å². The maximum atomic E-state index is 14.9. The monoisotopic (exact) mass is 462 g/mol. The fraction of sp³-hybridized carbons (Fsp3) is 0.267. The number of epoxide rings is 1. The van der Waals surface area contributed by atoms with Crippen molar-refractivity contribution < 1.29 is 17.9 Å². The normalized spacial score (nSPS) is 21.0. The van der Waals surface area contributed by atoms with E-state index in [0.717, 1.165) is 23.1 Å². The van der Waals surface area contributed by atoms with Gasteiger partial charge < -0.3 is 4.74 Å². The second kappa shape index (κ2) is 10.9. The summed E-state index contributed by atoms with van der Waals surface area (Å²) in [5.41, 5.74) is 4.49. The van der Waals surface area contributed by atoms with Gasteiger partial charge in [0.05, 0.1) is 6.61 Å². The molecule has 4 rings (SSSR count). The summed E-state index contributed by atoms with van der Waals surface area (Å²) in [5.74, 6) is -2.38. The van der Waals surface area contributed by atoms with Gasteiger partial charge >= 0.3 is 0 Å². The van der Waals surface area contributed by atoms with E-state index in [2.05, 4.69) is 6.92 Å². The van der Waals surface area contributed by atoms with Crippen molar-refractivity contribution in [1.29, 1.82) is 0 Å². The average molecular weight is 463 g/mol. The van der Waals surface area contributed by atoms with Crippen molar-refractivity contribution in [2.45, 2.75) is 45.1 Å². The first-order valence-electron chi connectivity index (χ1n) is 11.8. The third kappa shape index (κ3) is 5.68. The summed E-state index contributed by atoms with van der Waals surface area (Å²) in [6.45, 7) is 4.67. The molecule has 1 aliphatic heterocycles. The molecule has 0 aromatic heterocycles. The van der Waals surface area contributed by atoms with Crippen molar-refractivity contribution in [3.63, 3.8) is 0 Å². The van der Waals surface area contributed by atoms with Crippen LogP contribution in [0.15, 0.2) is 89.6 Å². The largest absolute Gasteiger partial charge is 0.368 e. The summed E-state index contributed by atoms with van der Waals surface area (Å²) in [6.07, 6.45) is 12.9. The van der Waals surface area contributed by atoms with Crippen LogP contribution in [0.25, 0.3) is 12.2 Å². The molecule has 1 nitrogen and oxygen atoms in total. The highest BCUT2D eigenvalue weighted by Crippen LogP contribution is 2.39. The van der Waals surface area contributed by atoms with Gasteiger partial charge in [0, 0.05) is 11.5 Å². The minimum absolute atomic E-state index is 0.0219. The molecular formula is C30H29F3O. The lowest BCUT2D eigenvalue weighted by atomic mass is 9.87. The molecule has 1 heterocycles. The number of benzene rings is 2. The highest BCUT2D eigenvalue weighted by atomic mass is 19.2. The van der Waals surface area contributed by atoms with E-state index in [-0.39, 0.29) is 11.9 Å². The second-order valence-electron chi connectivity index (χ2n) is 8.61. The average Bonchev–Trinajstić information content (AvgIpc) is 3.70. The smallest absolute Gasteiger partial charge is 0.158 e. The van der Waals surface area contributed by atoms with Crippen LogP contribution in [0.2, 0.25) is 0 Å². The molecule has 0 spiro atoms. The van der Waals surface area contributed by atoms with Crippen molar-refractivity contribution in [2.75, 3.05) is 6.61 Å². The third-order valence-corrected chi connectivity index (χ3v) is 6.37. The van der Waals surface area contributed by atoms with Crippen LogP contribution in [0.5, 0.6) is 0 Å². The molecule has 34 heavy (non-hydrogen) atoms. The first kappa shape index (κ1) is 24.0. The van der Waals surface area contributed by atoms with Gasteiger partial charge in [-0.05, 0) is 54.5 Å². The molecule has 176 valence electrons. The quantitative estimate of drug-likeness (QED) is 0.217. The molecule has 4 heteroatoms. The Labute approximate surface area is 199 Å². The summed E-state index contributed by atoms with van der Waals surface area (Å²) < 4.78 is 49.1. The number of hydrogen-bond acceptors (Lipinski definition) is 1. The van der Waals surface area contributed by atoms with E-state index >= 15 is 0 Å². The maximum absolute atomic E-state index is 14.9. The van der Waals surface area contributed by atoms with E-state index < -0.39 is 17.6 Å². The van der Waals surface area contributed by atoms with Crippen LogP contribution in [0, 0.1) is 5.82 Å². The van der Waals surface area contributed by atoms with E-state index in [0.29, 0.717) is 30.6 Å². The van der Waals surface area contributed by atoms with Crippen LogP contribution in [-0.4, -0.2) is 6.61 Å². The Morgan fingerprint density at radius 3 is 2.41 bits per heavy atom. The minimum atomic E-state index is -0.751. The SMILES string of the molecule is C/C=C(\C=C/CC1=CCC(c2ccc(/C=C/c3ccc(C4CO4)cc3F)cc2)C(F)=C1F)CC. The van der Waals surface area contributed by atoms with E-state index in [1.54, 1.807) is 30.4 Å². The zero-order valence-electron chi connectivity index (χ0n) is 19.5. The Morgan fingerprint density at radius 2 is 1.76 bits per heavy atom. The van der Waals surface area contributed by atoms with Crippen molar-refractivity contribution in [3.8, 4) is 0 Å². The molecule has 0 radical (unpaired) electrons. The zero-order valence-corrected chi connectivity index (χ0v) is 19.5. The summed E-state index contributed by atoms with van der Waals surface area (Å²) in [6, 6.07) is 12.4. The molecule has 1 fully saturated rings. The van der Waals surface area contributed by atoms with E-state index in [1.165, 1.54) is 11.6 Å². The molecule has 2 aliphatic rings. The molecule has 1 aliphatic carbocycles. The van der Waals surface area contributed by atoms with E-state index in [9.17, 15) is 13.2 Å². The summed E-state index contributed by atoms with van der Waals surface area (Å²) in [4.78, 5) is 0. The topological polar surface area (TPSA) is 12.5 Å². The molecule has 0 saturated carbocycles. The van der Waals surface area contributed by atoms with Gasteiger partial charge in [-0.15, -0.1) is 0 Å². The molecular weight excluding hydrogens is 433 g/mol. The predicted octanol–water partition coefficient (Wildman–Crippen LogP) is 8.93. The summed E-state index contributed by atoms with van der Waals surface area (Å²) in [7, 11) is 0. The zero-order chi connectivity index (χ0) is 24.1. The Bertz CT molecular complexity index is 1180. The van der Waals surface area contributed by atoms with Crippen LogP contribution >= 0.6 is 0 Å². The van der Waals surface area contributed by atoms with Crippen LogP contribution in [-0.2, 0) is 4.74 Å². The Kier molecular flexibility index (Phi) is 7.69. The Morgan fingerprint density at radius 1 is 1.03 bits per heavy atom. The van der Waals surface area contributed by atoms with E-state index in [1.807, 2.05) is 49.4 Å². The van der Waals surface area contributed by atoms with E-state index in [4.69, 9.17) is 4.74 Å². The lowest BCUT2D eigenvalue weighted by Crippen LogP contribution is -2.06. The highest BCUT2D eigenvalue weighted by molar-refractivity contribution is 5.70. The van der Waals surface area contributed by atoms with Crippen LogP contribution in [0.4, 0.5) is 13.2 Å². The molecule has 2 unspecified atom stereocenters. The Hall–Kier alpha value is -3.11. The minimum Gasteiger partial charge on any atom is -0.368 e. The molecule has 2 aromatic carbocycles. The van der Waals surface area contributed by atoms with Gasteiger partial charge in [0.1, 0.15) is 17.7 Å². The summed E-state index contributed by atoms with van der Waals surface area (Å²) >= 11 is 0. The highest BCUT2D eigenvalue weighted by Gasteiger charge is 2.26. The van der Waals surface area contributed by atoms with Gasteiger partial charge in [-0.3, -0.25) is 0 Å².